The van der Waals surface area contributed by atoms with Gasteiger partial charge in [-0.05, 0) is 51.0 Å². The van der Waals surface area contributed by atoms with Crippen molar-refractivity contribution in [3.63, 3.8) is 0 Å². The van der Waals surface area contributed by atoms with Crippen LogP contribution >= 0.6 is 0 Å². The van der Waals surface area contributed by atoms with Crippen LogP contribution in [0.25, 0.3) is 0 Å². The van der Waals surface area contributed by atoms with E-state index in [0.29, 0.717) is 11.1 Å². The third-order valence-corrected chi connectivity index (χ3v) is 5.83. The number of hydrogen-bond donors (Lipinski definition) is 1. The second kappa shape index (κ2) is 6.60. The average molecular weight is 348 g/mol. The van der Waals surface area contributed by atoms with E-state index < -0.39 is 16.0 Å². The van der Waals surface area contributed by atoms with Gasteiger partial charge in [-0.2, -0.15) is 0 Å². The highest BCUT2D eigenvalue weighted by Gasteiger charge is 2.28. The first-order valence-electron chi connectivity index (χ1n) is 7.49. The fraction of sp³-hybridized carbons (Fsp3) is 0.294. The Hall–Kier alpha value is -2.41. The van der Waals surface area contributed by atoms with E-state index in [9.17, 15) is 13.2 Å². The monoisotopic (exact) mass is 348 g/mol. The second-order valence-corrected chi connectivity index (χ2v) is 7.38. The lowest BCUT2D eigenvalue weighted by atomic mass is 10.1. The molecule has 1 heterocycles. The first-order chi connectivity index (χ1) is 11.2. The minimum absolute atomic E-state index is 0.0942. The molecule has 0 saturated carbocycles. The van der Waals surface area contributed by atoms with Gasteiger partial charge in [-0.25, -0.2) is 18.2 Å². The predicted molar refractivity (Wildman–Crippen MR) is 92.1 cm³/mol. The molecule has 1 aromatic heterocycles. The molecule has 2 rings (SSSR count). The normalized spacial score (nSPS) is 11.3. The van der Waals surface area contributed by atoms with Crippen molar-refractivity contribution in [1.29, 1.82) is 0 Å². The van der Waals surface area contributed by atoms with Crippen LogP contribution in [0.15, 0.2) is 35.2 Å². The maximum absolute atomic E-state index is 13.1. The zero-order valence-electron chi connectivity index (χ0n) is 14.1. The Morgan fingerprint density at radius 2 is 1.75 bits per heavy atom. The van der Waals surface area contributed by atoms with Gasteiger partial charge in [0.2, 0.25) is 0 Å². The Morgan fingerprint density at radius 1 is 1.17 bits per heavy atom. The maximum Gasteiger partial charge on any atom is 0.354 e. The van der Waals surface area contributed by atoms with Crippen LogP contribution in [0.2, 0.25) is 0 Å². The molecule has 2 aromatic rings. The number of aryl methyl sites for hydroxylation is 3. The Morgan fingerprint density at radius 3 is 2.25 bits per heavy atom. The lowest BCUT2D eigenvalue weighted by Crippen LogP contribution is -2.33. The number of carbonyl (C=O) groups is 1. The van der Waals surface area contributed by atoms with Crippen LogP contribution in [0.4, 0.5) is 5.82 Å². The predicted octanol–water partition coefficient (Wildman–Crippen LogP) is 2.92. The third-order valence-electron chi connectivity index (χ3n) is 3.65. The van der Waals surface area contributed by atoms with Crippen molar-refractivity contribution in [2.45, 2.75) is 32.6 Å². The highest BCUT2D eigenvalue weighted by atomic mass is 32.2. The summed E-state index contributed by atoms with van der Waals surface area (Å²) in [6, 6.07) is 7.93. The number of carboxylic acids is 1. The van der Waals surface area contributed by atoms with Crippen LogP contribution in [-0.4, -0.2) is 31.0 Å². The average Bonchev–Trinajstić information content (AvgIpc) is 2.46. The molecule has 128 valence electrons. The van der Waals surface area contributed by atoms with E-state index in [4.69, 9.17) is 5.11 Å². The third kappa shape index (κ3) is 3.26. The molecular weight excluding hydrogens is 328 g/mol. The number of anilines is 1. The van der Waals surface area contributed by atoms with Crippen LogP contribution in [0.3, 0.4) is 0 Å². The van der Waals surface area contributed by atoms with E-state index in [1.54, 1.807) is 20.8 Å². The maximum atomic E-state index is 13.1. The number of aromatic carboxylic acids is 1. The van der Waals surface area contributed by atoms with Crippen molar-refractivity contribution in [3.8, 4) is 0 Å². The molecule has 0 bridgehead atoms. The molecule has 0 atom stereocenters. The lowest BCUT2D eigenvalue weighted by Gasteiger charge is -2.24. The number of sulfonamides is 1. The van der Waals surface area contributed by atoms with Gasteiger partial charge in [0.1, 0.15) is 5.82 Å². The Bertz CT molecular complexity index is 868. The molecule has 0 saturated heterocycles. The Labute approximate surface area is 141 Å². The van der Waals surface area contributed by atoms with Crippen molar-refractivity contribution in [3.05, 3.63) is 52.7 Å². The first kappa shape index (κ1) is 17.9. The quantitative estimate of drug-likeness (QED) is 0.897. The molecule has 0 aliphatic rings. The molecule has 0 unspecified atom stereocenters. The van der Waals surface area contributed by atoms with Crippen LogP contribution in [0, 0.1) is 20.8 Å². The summed E-state index contributed by atoms with van der Waals surface area (Å²) >= 11 is 0. The molecular formula is C17H20N2O4S. The number of pyridine rings is 1. The van der Waals surface area contributed by atoms with Crippen LogP contribution in [0.5, 0.6) is 0 Å². The summed E-state index contributed by atoms with van der Waals surface area (Å²) in [4.78, 5) is 15.3. The summed E-state index contributed by atoms with van der Waals surface area (Å²) in [6.45, 7) is 7.24. The highest BCUT2D eigenvalue weighted by molar-refractivity contribution is 7.93. The highest BCUT2D eigenvalue weighted by Crippen LogP contribution is 2.28. The number of benzene rings is 1. The number of aromatic nitrogens is 1. The first-order valence-corrected chi connectivity index (χ1v) is 8.93. The molecule has 0 radical (unpaired) electrons. The SMILES string of the molecule is CCN(c1cccc(C(=O)O)n1)S(=O)(=O)c1c(C)cc(C)cc1C. The second-order valence-electron chi connectivity index (χ2n) is 5.58. The molecule has 7 heteroatoms. The van der Waals surface area contributed by atoms with Crippen LogP contribution < -0.4 is 4.31 Å². The van der Waals surface area contributed by atoms with Gasteiger partial charge in [0.25, 0.3) is 10.0 Å². The van der Waals surface area contributed by atoms with Gasteiger partial charge < -0.3 is 5.11 Å². The van der Waals surface area contributed by atoms with Crippen LogP contribution in [0.1, 0.15) is 34.1 Å². The molecule has 0 amide bonds. The summed E-state index contributed by atoms with van der Waals surface area (Å²) < 4.78 is 27.4. The molecule has 0 aliphatic carbocycles. The van der Waals surface area contributed by atoms with Crippen molar-refractivity contribution >= 4 is 21.8 Å². The van der Waals surface area contributed by atoms with E-state index in [1.165, 1.54) is 18.2 Å². The van der Waals surface area contributed by atoms with E-state index in [0.717, 1.165) is 9.87 Å². The van der Waals surface area contributed by atoms with E-state index >= 15 is 0 Å². The van der Waals surface area contributed by atoms with E-state index in [-0.39, 0.29) is 23.0 Å². The smallest absolute Gasteiger partial charge is 0.354 e. The minimum atomic E-state index is -3.85. The number of nitrogens with zero attached hydrogens (tertiary/aromatic N) is 2. The zero-order chi connectivity index (χ0) is 18.1. The lowest BCUT2D eigenvalue weighted by molar-refractivity contribution is 0.0690. The van der Waals surface area contributed by atoms with Gasteiger partial charge in [0.05, 0.1) is 4.90 Å². The van der Waals surface area contributed by atoms with Gasteiger partial charge in [-0.15, -0.1) is 0 Å². The van der Waals surface area contributed by atoms with Crippen molar-refractivity contribution in [1.82, 2.24) is 4.98 Å². The fourth-order valence-corrected chi connectivity index (χ4v) is 4.66. The summed E-state index contributed by atoms with van der Waals surface area (Å²) in [6.07, 6.45) is 0. The van der Waals surface area contributed by atoms with Crippen molar-refractivity contribution < 1.29 is 18.3 Å². The molecule has 1 aromatic carbocycles. The Balaban J connectivity index is 2.62. The summed E-state index contributed by atoms with van der Waals surface area (Å²) in [7, 11) is -3.85. The van der Waals surface area contributed by atoms with Gasteiger partial charge in [0, 0.05) is 6.54 Å². The number of hydrogen-bond acceptors (Lipinski definition) is 4. The molecule has 0 fully saturated rings. The van der Waals surface area contributed by atoms with Gasteiger partial charge in [0.15, 0.2) is 5.69 Å². The van der Waals surface area contributed by atoms with E-state index in [2.05, 4.69) is 4.98 Å². The molecule has 24 heavy (non-hydrogen) atoms. The molecule has 0 spiro atoms. The van der Waals surface area contributed by atoms with Gasteiger partial charge in [-0.3, -0.25) is 4.31 Å². The summed E-state index contributed by atoms with van der Waals surface area (Å²) in [5.41, 5.74) is 2.09. The minimum Gasteiger partial charge on any atom is -0.477 e. The fourth-order valence-electron chi connectivity index (χ4n) is 2.82. The molecule has 1 N–H and O–H groups in total. The number of rotatable bonds is 5. The molecule has 0 aliphatic heterocycles. The Kier molecular flexibility index (Phi) is 4.94. The zero-order valence-corrected chi connectivity index (χ0v) is 14.9. The summed E-state index contributed by atoms with van der Waals surface area (Å²) in [5.74, 6) is -1.11. The van der Waals surface area contributed by atoms with Crippen molar-refractivity contribution in [2.24, 2.45) is 0 Å². The van der Waals surface area contributed by atoms with E-state index in [1.807, 2.05) is 19.1 Å². The standard InChI is InChI=1S/C17H20N2O4S/c1-5-19(15-8-6-7-14(18-15)17(20)21)24(22,23)16-12(3)9-11(2)10-13(16)4/h6-10H,5H2,1-4H3,(H,20,21). The van der Waals surface area contributed by atoms with Gasteiger partial charge in [-0.1, -0.05) is 23.8 Å². The largest absolute Gasteiger partial charge is 0.477 e. The topological polar surface area (TPSA) is 87.6 Å². The van der Waals surface area contributed by atoms with Gasteiger partial charge >= 0.3 is 5.97 Å². The van der Waals surface area contributed by atoms with Crippen LogP contribution in [-0.2, 0) is 10.0 Å². The summed E-state index contributed by atoms with van der Waals surface area (Å²) in [5, 5.41) is 9.07. The van der Waals surface area contributed by atoms with Crippen molar-refractivity contribution in [2.75, 3.05) is 10.8 Å². The number of carboxylic acid groups (broad SMARTS) is 1. The molecule has 6 nitrogen and oxygen atoms in total.